The molecule has 0 aliphatic rings. The third-order valence-electron chi connectivity index (χ3n) is 4.59. The quantitative estimate of drug-likeness (QED) is 0.164. The summed E-state index contributed by atoms with van der Waals surface area (Å²) in [5, 5.41) is 6.47. The van der Waals surface area contributed by atoms with Crippen molar-refractivity contribution in [1.29, 1.82) is 0 Å². The lowest BCUT2D eigenvalue weighted by Crippen LogP contribution is -2.36. The van der Waals surface area contributed by atoms with Crippen molar-refractivity contribution in [1.82, 2.24) is 20.6 Å². The predicted octanol–water partition coefficient (Wildman–Crippen LogP) is 5.54. The standard InChI is InChI=1S/C25H24FN5O2.HI/c1-2-27-25(30-16-21-17-32-24(31-21)19-7-4-3-5-8-19)29-15-18-11-12-23(28-14-18)33-22-10-6-9-20(26)13-22;/h3-14,17H,2,15-16H2,1H3,(H2,27,29,30);1H. The van der Waals surface area contributed by atoms with E-state index in [1.165, 1.54) is 12.1 Å². The van der Waals surface area contributed by atoms with Gasteiger partial charge in [0.2, 0.25) is 11.8 Å². The van der Waals surface area contributed by atoms with Crippen molar-refractivity contribution in [2.45, 2.75) is 20.0 Å². The molecule has 9 heteroatoms. The molecule has 2 aromatic carbocycles. The summed E-state index contributed by atoms with van der Waals surface area (Å²) in [6, 6.07) is 19.3. The molecule has 0 fully saturated rings. The van der Waals surface area contributed by atoms with Crippen LogP contribution < -0.4 is 15.4 Å². The van der Waals surface area contributed by atoms with Gasteiger partial charge in [-0.25, -0.2) is 19.4 Å². The van der Waals surface area contributed by atoms with Gasteiger partial charge in [0.25, 0.3) is 0 Å². The molecule has 0 spiro atoms. The first-order chi connectivity index (χ1) is 16.2. The molecule has 176 valence electrons. The minimum atomic E-state index is -0.358. The summed E-state index contributed by atoms with van der Waals surface area (Å²) in [5.41, 5.74) is 2.62. The van der Waals surface area contributed by atoms with Gasteiger partial charge in [-0.2, -0.15) is 0 Å². The van der Waals surface area contributed by atoms with E-state index < -0.39 is 0 Å². The van der Waals surface area contributed by atoms with Crippen LogP contribution in [0, 0.1) is 5.82 Å². The highest BCUT2D eigenvalue weighted by Gasteiger charge is 2.07. The van der Waals surface area contributed by atoms with Crippen LogP contribution in [-0.4, -0.2) is 22.5 Å². The lowest BCUT2D eigenvalue weighted by molar-refractivity contribution is 0.457. The number of rotatable bonds is 8. The Hall–Kier alpha value is -3.47. The number of benzene rings is 2. The molecule has 4 aromatic rings. The Morgan fingerprint density at radius 3 is 2.65 bits per heavy atom. The second-order valence-corrected chi connectivity index (χ2v) is 7.12. The summed E-state index contributed by atoms with van der Waals surface area (Å²) in [6.45, 7) is 3.62. The van der Waals surface area contributed by atoms with Gasteiger partial charge in [-0.3, -0.25) is 0 Å². The zero-order chi connectivity index (χ0) is 22.9. The first-order valence-electron chi connectivity index (χ1n) is 10.6. The number of halogens is 2. The highest BCUT2D eigenvalue weighted by atomic mass is 127. The fourth-order valence-corrected chi connectivity index (χ4v) is 3.00. The second kappa shape index (κ2) is 12.7. The zero-order valence-corrected chi connectivity index (χ0v) is 20.9. The van der Waals surface area contributed by atoms with Crippen molar-refractivity contribution in [3.63, 3.8) is 0 Å². The molecule has 0 saturated carbocycles. The Kier molecular flexibility index (Phi) is 9.39. The maximum atomic E-state index is 13.3. The van der Waals surface area contributed by atoms with Gasteiger partial charge in [0.05, 0.1) is 18.8 Å². The van der Waals surface area contributed by atoms with Crippen LogP contribution in [0.3, 0.4) is 0 Å². The number of guanidine groups is 1. The van der Waals surface area contributed by atoms with Crippen molar-refractivity contribution in [2.75, 3.05) is 6.54 Å². The lowest BCUT2D eigenvalue weighted by atomic mass is 10.2. The summed E-state index contributed by atoms with van der Waals surface area (Å²) in [6.07, 6.45) is 3.33. The Balaban J connectivity index is 0.00000324. The number of ether oxygens (including phenoxy) is 1. The van der Waals surface area contributed by atoms with Crippen molar-refractivity contribution in [3.05, 3.63) is 96.3 Å². The lowest BCUT2D eigenvalue weighted by Gasteiger charge is -2.10. The van der Waals surface area contributed by atoms with Crippen LogP contribution in [0.4, 0.5) is 4.39 Å². The smallest absolute Gasteiger partial charge is 0.226 e. The van der Waals surface area contributed by atoms with Crippen LogP contribution in [0.2, 0.25) is 0 Å². The number of aliphatic imine (C=N–C) groups is 1. The van der Waals surface area contributed by atoms with E-state index in [-0.39, 0.29) is 29.8 Å². The van der Waals surface area contributed by atoms with E-state index in [0.29, 0.717) is 36.6 Å². The number of pyridine rings is 1. The molecule has 0 bridgehead atoms. The van der Waals surface area contributed by atoms with Crippen LogP contribution in [-0.2, 0) is 13.1 Å². The summed E-state index contributed by atoms with van der Waals surface area (Å²) in [5.74, 6) is 1.67. The van der Waals surface area contributed by atoms with Gasteiger partial charge in [-0.1, -0.05) is 30.3 Å². The van der Waals surface area contributed by atoms with Crippen LogP contribution in [0.5, 0.6) is 11.6 Å². The molecule has 2 aromatic heterocycles. The van der Waals surface area contributed by atoms with Crippen LogP contribution in [0.25, 0.3) is 11.5 Å². The SMILES string of the molecule is CCNC(=NCc1ccc(Oc2cccc(F)c2)nc1)NCc1coc(-c2ccccc2)n1.I. The van der Waals surface area contributed by atoms with Crippen LogP contribution in [0.1, 0.15) is 18.2 Å². The molecule has 2 N–H and O–H groups in total. The second-order valence-electron chi connectivity index (χ2n) is 7.12. The molecule has 2 heterocycles. The van der Waals surface area contributed by atoms with Crippen molar-refractivity contribution >= 4 is 29.9 Å². The van der Waals surface area contributed by atoms with E-state index in [9.17, 15) is 4.39 Å². The van der Waals surface area contributed by atoms with Gasteiger partial charge >= 0.3 is 0 Å². The van der Waals surface area contributed by atoms with Gasteiger partial charge in [0.15, 0.2) is 5.96 Å². The number of nitrogens with zero attached hydrogens (tertiary/aromatic N) is 3. The fraction of sp³-hybridized carbons (Fsp3) is 0.160. The molecule has 4 rings (SSSR count). The van der Waals surface area contributed by atoms with E-state index >= 15 is 0 Å². The Labute approximate surface area is 214 Å². The van der Waals surface area contributed by atoms with Gasteiger partial charge in [0, 0.05) is 30.4 Å². The van der Waals surface area contributed by atoms with Crippen molar-refractivity contribution < 1.29 is 13.5 Å². The third kappa shape index (κ3) is 7.27. The molecule has 0 aliphatic carbocycles. The molecule has 7 nitrogen and oxygen atoms in total. The highest BCUT2D eigenvalue weighted by molar-refractivity contribution is 14.0. The average molecular weight is 573 g/mol. The number of aromatic nitrogens is 2. The molecular formula is C25H25FIN5O2. The molecule has 0 unspecified atom stereocenters. The van der Waals surface area contributed by atoms with E-state index in [1.807, 2.05) is 43.3 Å². The number of nitrogens with one attached hydrogen (secondary N) is 2. The summed E-state index contributed by atoms with van der Waals surface area (Å²) >= 11 is 0. The van der Waals surface area contributed by atoms with Crippen LogP contribution >= 0.6 is 24.0 Å². The average Bonchev–Trinajstić information content (AvgIpc) is 3.32. The maximum absolute atomic E-state index is 13.3. The first-order valence-corrected chi connectivity index (χ1v) is 10.6. The minimum Gasteiger partial charge on any atom is -0.444 e. The molecule has 0 aliphatic heterocycles. The predicted molar refractivity (Wildman–Crippen MR) is 140 cm³/mol. The van der Waals surface area contributed by atoms with E-state index in [2.05, 4.69) is 25.6 Å². The van der Waals surface area contributed by atoms with Crippen LogP contribution in [0.15, 0.2) is 88.6 Å². The van der Waals surface area contributed by atoms with Crippen molar-refractivity contribution in [3.8, 4) is 23.1 Å². The van der Waals surface area contributed by atoms with Crippen molar-refractivity contribution in [2.24, 2.45) is 4.99 Å². The van der Waals surface area contributed by atoms with Gasteiger partial charge in [-0.15, -0.1) is 24.0 Å². The Bertz CT molecular complexity index is 1200. The summed E-state index contributed by atoms with van der Waals surface area (Å²) < 4.78 is 24.4. The Morgan fingerprint density at radius 2 is 1.91 bits per heavy atom. The monoisotopic (exact) mass is 573 g/mol. The van der Waals surface area contributed by atoms with E-state index in [4.69, 9.17) is 9.15 Å². The number of hydrogen-bond donors (Lipinski definition) is 2. The van der Waals surface area contributed by atoms with E-state index in [0.717, 1.165) is 23.4 Å². The largest absolute Gasteiger partial charge is 0.444 e. The molecule has 0 radical (unpaired) electrons. The fourth-order valence-electron chi connectivity index (χ4n) is 3.00. The topological polar surface area (TPSA) is 84.6 Å². The maximum Gasteiger partial charge on any atom is 0.226 e. The summed E-state index contributed by atoms with van der Waals surface area (Å²) in [4.78, 5) is 13.4. The zero-order valence-electron chi connectivity index (χ0n) is 18.6. The normalized spacial score (nSPS) is 10.9. The molecule has 0 amide bonds. The third-order valence-corrected chi connectivity index (χ3v) is 4.59. The molecule has 34 heavy (non-hydrogen) atoms. The van der Waals surface area contributed by atoms with Gasteiger partial charge in [0.1, 0.15) is 17.8 Å². The number of hydrogen-bond acceptors (Lipinski definition) is 5. The minimum absolute atomic E-state index is 0. The van der Waals surface area contributed by atoms with Gasteiger partial charge in [-0.05, 0) is 36.8 Å². The Morgan fingerprint density at radius 1 is 1.06 bits per heavy atom. The highest BCUT2D eigenvalue weighted by Crippen LogP contribution is 2.20. The molecule has 0 saturated heterocycles. The molecule has 0 atom stereocenters. The molecular weight excluding hydrogens is 548 g/mol. The number of oxazole rings is 1. The first kappa shape index (κ1) is 25.2. The summed E-state index contributed by atoms with van der Waals surface area (Å²) in [7, 11) is 0. The van der Waals surface area contributed by atoms with Gasteiger partial charge < -0.3 is 19.8 Å². The van der Waals surface area contributed by atoms with E-state index in [1.54, 1.807) is 30.7 Å².